The van der Waals surface area contributed by atoms with Gasteiger partial charge in [0.15, 0.2) is 0 Å². The molecule has 1 unspecified atom stereocenters. The van der Waals surface area contributed by atoms with E-state index in [1.165, 1.54) is 18.5 Å². The fraction of sp³-hybridized carbons (Fsp3) is 0.778. The Kier molecular flexibility index (Phi) is 3.09. The summed E-state index contributed by atoms with van der Waals surface area (Å²) >= 11 is 0. The van der Waals surface area contributed by atoms with Gasteiger partial charge in [-0.3, -0.25) is 4.90 Å². The summed E-state index contributed by atoms with van der Waals surface area (Å²) in [6.07, 6.45) is 3.55. The molecule has 64 valence electrons. The Morgan fingerprint density at radius 1 is 1.64 bits per heavy atom. The first kappa shape index (κ1) is 8.75. The maximum Gasteiger partial charge on any atom is 0.0233 e. The van der Waals surface area contributed by atoms with Crippen LogP contribution < -0.4 is 5.73 Å². The zero-order valence-electron chi connectivity index (χ0n) is 7.51. The molecule has 0 aromatic carbocycles. The van der Waals surface area contributed by atoms with Crippen LogP contribution in [0.1, 0.15) is 20.3 Å². The van der Waals surface area contributed by atoms with Gasteiger partial charge in [0.2, 0.25) is 0 Å². The van der Waals surface area contributed by atoms with Crippen molar-refractivity contribution in [1.29, 1.82) is 0 Å². The predicted octanol–water partition coefficient (Wildman–Crippen LogP) is 0.986. The van der Waals surface area contributed by atoms with Gasteiger partial charge in [0, 0.05) is 25.7 Å². The molecule has 0 saturated carbocycles. The van der Waals surface area contributed by atoms with E-state index in [1.54, 1.807) is 0 Å². The topological polar surface area (TPSA) is 29.3 Å². The van der Waals surface area contributed by atoms with E-state index in [-0.39, 0.29) is 0 Å². The van der Waals surface area contributed by atoms with Gasteiger partial charge in [-0.1, -0.05) is 11.6 Å². The Labute approximate surface area is 69.1 Å². The molecule has 1 aliphatic rings. The van der Waals surface area contributed by atoms with E-state index in [0.717, 1.165) is 13.1 Å². The van der Waals surface area contributed by atoms with E-state index in [0.29, 0.717) is 6.04 Å². The average Bonchev–Trinajstić information content (AvgIpc) is 1.86. The number of hydrogen-bond acceptors (Lipinski definition) is 2. The Morgan fingerprint density at radius 2 is 2.36 bits per heavy atom. The number of nitrogens with zero attached hydrogens (tertiary/aromatic N) is 1. The third-order valence-electron chi connectivity index (χ3n) is 2.27. The monoisotopic (exact) mass is 154 g/mol. The highest BCUT2D eigenvalue weighted by atomic mass is 15.2. The van der Waals surface area contributed by atoms with Crippen molar-refractivity contribution in [1.82, 2.24) is 4.90 Å². The van der Waals surface area contributed by atoms with Gasteiger partial charge < -0.3 is 5.73 Å². The van der Waals surface area contributed by atoms with Crippen LogP contribution in [0.4, 0.5) is 0 Å². The summed E-state index contributed by atoms with van der Waals surface area (Å²) < 4.78 is 0. The van der Waals surface area contributed by atoms with Crippen molar-refractivity contribution < 1.29 is 0 Å². The molecule has 0 amide bonds. The quantitative estimate of drug-likeness (QED) is 0.614. The number of hydrogen-bond donors (Lipinski definition) is 1. The van der Waals surface area contributed by atoms with E-state index < -0.39 is 0 Å². The summed E-state index contributed by atoms with van der Waals surface area (Å²) in [4.78, 5) is 2.42. The Morgan fingerprint density at radius 3 is 2.73 bits per heavy atom. The lowest BCUT2D eigenvalue weighted by Gasteiger charge is -2.39. The second-order valence-electron chi connectivity index (χ2n) is 3.45. The summed E-state index contributed by atoms with van der Waals surface area (Å²) in [6.45, 7) is 7.40. The van der Waals surface area contributed by atoms with Crippen LogP contribution in [0, 0.1) is 0 Å². The lowest BCUT2D eigenvalue weighted by molar-refractivity contribution is 0.113. The number of allylic oxidation sites excluding steroid dienone is 1. The van der Waals surface area contributed by atoms with Gasteiger partial charge in [0.1, 0.15) is 0 Å². The van der Waals surface area contributed by atoms with Crippen LogP contribution in [0.5, 0.6) is 0 Å². The van der Waals surface area contributed by atoms with Crippen molar-refractivity contribution in [2.45, 2.75) is 26.3 Å². The molecule has 2 heteroatoms. The highest BCUT2D eigenvalue weighted by Gasteiger charge is 2.24. The summed E-state index contributed by atoms with van der Waals surface area (Å²) in [5.41, 5.74) is 6.96. The minimum atomic E-state index is 0.658. The molecule has 1 aliphatic heterocycles. The SMILES string of the molecule is CC(C)=CCN1CCC1CN. The Hall–Kier alpha value is -0.340. The first-order valence-corrected chi connectivity index (χ1v) is 4.31. The molecule has 1 saturated heterocycles. The summed E-state index contributed by atoms with van der Waals surface area (Å²) in [7, 11) is 0. The molecule has 2 N–H and O–H groups in total. The number of rotatable bonds is 3. The second-order valence-corrected chi connectivity index (χ2v) is 3.45. The Balaban J connectivity index is 2.22. The molecule has 0 bridgehead atoms. The van der Waals surface area contributed by atoms with Gasteiger partial charge in [0.05, 0.1) is 0 Å². The molecule has 0 spiro atoms. The van der Waals surface area contributed by atoms with Crippen molar-refractivity contribution in [3.8, 4) is 0 Å². The maximum absolute atomic E-state index is 5.57. The molecule has 0 aliphatic carbocycles. The molecule has 1 fully saturated rings. The van der Waals surface area contributed by atoms with Crippen molar-refractivity contribution in [2.75, 3.05) is 19.6 Å². The molecule has 1 atom stereocenters. The average molecular weight is 154 g/mol. The zero-order valence-corrected chi connectivity index (χ0v) is 7.51. The normalized spacial score (nSPS) is 24.5. The van der Waals surface area contributed by atoms with Crippen LogP contribution in [-0.4, -0.2) is 30.6 Å². The van der Waals surface area contributed by atoms with E-state index in [9.17, 15) is 0 Å². The van der Waals surface area contributed by atoms with Gasteiger partial charge in [-0.05, 0) is 20.3 Å². The van der Waals surface area contributed by atoms with Gasteiger partial charge in [0.25, 0.3) is 0 Å². The summed E-state index contributed by atoms with van der Waals surface area (Å²) in [5, 5.41) is 0. The first-order chi connectivity index (χ1) is 5.24. The van der Waals surface area contributed by atoms with E-state index >= 15 is 0 Å². The molecular formula is C9H18N2. The molecule has 1 heterocycles. The predicted molar refractivity (Wildman–Crippen MR) is 48.5 cm³/mol. The smallest absolute Gasteiger partial charge is 0.0233 e. The lowest BCUT2D eigenvalue weighted by atomic mass is 10.0. The largest absolute Gasteiger partial charge is 0.329 e. The molecule has 0 aromatic heterocycles. The van der Waals surface area contributed by atoms with E-state index in [2.05, 4.69) is 24.8 Å². The number of likely N-dealkylation sites (tertiary alicyclic amines) is 1. The van der Waals surface area contributed by atoms with E-state index in [1.807, 2.05) is 0 Å². The van der Waals surface area contributed by atoms with Crippen LogP contribution in [0.15, 0.2) is 11.6 Å². The second kappa shape index (κ2) is 3.88. The zero-order chi connectivity index (χ0) is 8.27. The molecule has 2 nitrogen and oxygen atoms in total. The third-order valence-corrected chi connectivity index (χ3v) is 2.27. The maximum atomic E-state index is 5.57. The van der Waals surface area contributed by atoms with Crippen molar-refractivity contribution in [2.24, 2.45) is 5.73 Å². The van der Waals surface area contributed by atoms with Gasteiger partial charge in [-0.15, -0.1) is 0 Å². The van der Waals surface area contributed by atoms with E-state index in [4.69, 9.17) is 5.73 Å². The van der Waals surface area contributed by atoms with Crippen LogP contribution in [0.2, 0.25) is 0 Å². The highest BCUT2D eigenvalue weighted by molar-refractivity contribution is 4.98. The van der Waals surface area contributed by atoms with Crippen molar-refractivity contribution >= 4 is 0 Å². The summed E-state index contributed by atoms with van der Waals surface area (Å²) in [6, 6.07) is 0.658. The minimum absolute atomic E-state index is 0.658. The van der Waals surface area contributed by atoms with Crippen LogP contribution in [0.25, 0.3) is 0 Å². The summed E-state index contributed by atoms with van der Waals surface area (Å²) in [5.74, 6) is 0. The third kappa shape index (κ3) is 2.31. The lowest BCUT2D eigenvalue weighted by Crippen LogP contribution is -2.51. The van der Waals surface area contributed by atoms with Gasteiger partial charge >= 0.3 is 0 Å². The van der Waals surface area contributed by atoms with Gasteiger partial charge in [-0.2, -0.15) is 0 Å². The fourth-order valence-electron chi connectivity index (χ4n) is 1.30. The van der Waals surface area contributed by atoms with Gasteiger partial charge in [-0.25, -0.2) is 0 Å². The molecular weight excluding hydrogens is 136 g/mol. The molecule has 11 heavy (non-hydrogen) atoms. The van der Waals surface area contributed by atoms with Crippen LogP contribution in [0.3, 0.4) is 0 Å². The fourth-order valence-corrected chi connectivity index (χ4v) is 1.30. The first-order valence-electron chi connectivity index (χ1n) is 4.31. The minimum Gasteiger partial charge on any atom is -0.329 e. The Bertz CT molecular complexity index is 146. The molecule has 1 rings (SSSR count). The molecule has 0 radical (unpaired) electrons. The van der Waals surface area contributed by atoms with Crippen molar-refractivity contribution in [3.63, 3.8) is 0 Å². The number of nitrogens with two attached hydrogens (primary N) is 1. The van der Waals surface area contributed by atoms with Crippen molar-refractivity contribution in [3.05, 3.63) is 11.6 Å². The molecule has 0 aromatic rings. The van der Waals surface area contributed by atoms with Crippen LogP contribution >= 0.6 is 0 Å². The standard InChI is InChI=1S/C9H18N2/c1-8(2)3-5-11-6-4-9(11)7-10/h3,9H,4-7,10H2,1-2H3. The van der Waals surface area contributed by atoms with Crippen LogP contribution in [-0.2, 0) is 0 Å². The highest BCUT2D eigenvalue weighted by Crippen LogP contribution is 2.15.